The van der Waals surface area contributed by atoms with Crippen LogP contribution in [-0.2, 0) is 19.9 Å². The van der Waals surface area contributed by atoms with E-state index in [-0.39, 0.29) is 22.1 Å². The molecule has 31 heavy (non-hydrogen) atoms. The van der Waals surface area contributed by atoms with Gasteiger partial charge in [0, 0.05) is 25.0 Å². The highest BCUT2D eigenvalue weighted by molar-refractivity contribution is 7.92. The van der Waals surface area contributed by atoms with Gasteiger partial charge in [0.15, 0.2) is 21.3 Å². The topological polar surface area (TPSA) is 112 Å². The number of hydrogen-bond donors (Lipinski definition) is 1. The predicted octanol–water partition coefficient (Wildman–Crippen LogP) is 2.59. The number of ether oxygens (including phenoxy) is 2. The van der Waals surface area contributed by atoms with Crippen LogP contribution in [0.4, 0.5) is 0 Å². The number of pyridine rings is 1. The number of hydrogen-bond acceptors (Lipinski definition) is 7. The second-order valence-corrected chi connectivity index (χ2v) is 10.4. The van der Waals surface area contributed by atoms with Crippen molar-refractivity contribution in [2.24, 2.45) is 0 Å². The summed E-state index contributed by atoms with van der Waals surface area (Å²) in [5, 5.41) is -1.17. The van der Waals surface area contributed by atoms with E-state index in [1.54, 1.807) is 30.3 Å². The van der Waals surface area contributed by atoms with Crippen LogP contribution in [0.5, 0.6) is 11.5 Å². The summed E-state index contributed by atoms with van der Waals surface area (Å²) in [4.78, 5) is 4.00. The van der Waals surface area contributed by atoms with E-state index >= 15 is 0 Å². The highest BCUT2D eigenvalue weighted by atomic mass is 32.2. The molecular weight excluding hydrogens is 440 g/mol. The molecule has 1 N–H and O–H groups in total. The number of rotatable bonds is 9. The van der Waals surface area contributed by atoms with Gasteiger partial charge in [-0.15, -0.1) is 0 Å². The molecule has 0 unspecified atom stereocenters. The fourth-order valence-electron chi connectivity index (χ4n) is 3.00. The fourth-order valence-corrected chi connectivity index (χ4v) is 5.83. The normalized spacial score (nSPS) is 12.8. The van der Waals surface area contributed by atoms with Gasteiger partial charge < -0.3 is 9.47 Å². The first-order valence-electron chi connectivity index (χ1n) is 9.20. The molecule has 8 nitrogen and oxygen atoms in total. The van der Waals surface area contributed by atoms with Crippen LogP contribution in [0.15, 0.2) is 82.8 Å². The first-order valence-corrected chi connectivity index (χ1v) is 12.2. The zero-order valence-corrected chi connectivity index (χ0v) is 18.6. The minimum absolute atomic E-state index is 0.0767. The Morgan fingerprint density at radius 3 is 2.19 bits per heavy atom. The molecule has 1 aromatic heterocycles. The van der Waals surface area contributed by atoms with Crippen molar-refractivity contribution in [3.8, 4) is 11.5 Å². The molecule has 164 valence electrons. The maximum atomic E-state index is 13.3. The Bertz CT molecular complexity index is 1230. The zero-order chi connectivity index (χ0) is 22.5. The maximum absolute atomic E-state index is 13.3. The summed E-state index contributed by atoms with van der Waals surface area (Å²) < 4.78 is 65.0. The van der Waals surface area contributed by atoms with Gasteiger partial charge in [-0.3, -0.25) is 4.98 Å². The van der Waals surface area contributed by atoms with Crippen LogP contribution in [-0.4, -0.2) is 42.6 Å². The molecule has 1 heterocycles. The number of aromatic nitrogens is 1. The van der Waals surface area contributed by atoms with E-state index in [0.717, 1.165) is 0 Å². The second-order valence-electron chi connectivity index (χ2n) is 6.50. The Kier molecular flexibility index (Phi) is 6.94. The highest BCUT2D eigenvalue weighted by Crippen LogP contribution is 2.31. The molecular formula is C21H22N2O6S2. The van der Waals surface area contributed by atoms with Gasteiger partial charge in [0.25, 0.3) is 0 Å². The minimum Gasteiger partial charge on any atom is -0.493 e. The van der Waals surface area contributed by atoms with Gasteiger partial charge in [-0.25, -0.2) is 21.6 Å². The predicted molar refractivity (Wildman–Crippen MR) is 115 cm³/mol. The van der Waals surface area contributed by atoms with Crippen molar-refractivity contribution in [2.45, 2.75) is 15.0 Å². The van der Waals surface area contributed by atoms with Crippen molar-refractivity contribution in [2.75, 3.05) is 20.8 Å². The minimum atomic E-state index is -4.03. The van der Waals surface area contributed by atoms with Crippen LogP contribution < -0.4 is 14.2 Å². The molecule has 3 rings (SSSR count). The number of nitrogens with zero attached hydrogens (tertiary/aromatic N) is 1. The van der Waals surface area contributed by atoms with E-state index in [1.165, 1.54) is 56.9 Å². The molecule has 2 aromatic carbocycles. The highest BCUT2D eigenvalue weighted by Gasteiger charge is 2.31. The van der Waals surface area contributed by atoms with Crippen molar-refractivity contribution in [1.82, 2.24) is 9.71 Å². The summed E-state index contributed by atoms with van der Waals surface area (Å²) >= 11 is 0. The average Bonchev–Trinajstić information content (AvgIpc) is 2.79. The smallest absolute Gasteiger partial charge is 0.240 e. The molecule has 0 saturated heterocycles. The van der Waals surface area contributed by atoms with Crippen LogP contribution in [0.3, 0.4) is 0 Å². The monoisotopic (exact) mass is 462 g/mol. The molecule has 0 bridgehead atoms. The Balaban J connectivity index is 1.94. The van der Waals surface area contributed by atoms with Gasteiger partial charge in [-0.2, -0.15) is 0 Å². The molecule has 0 fully saturated rings. The summed E-state index contributed by atoms with van der Waals surface area (Å²) in [5.74, 6) is 0.618. The largest absolute Gasteiger partial charge is 0.493 e. The second kappa shape index (κ2) is 9.46. The zero-order valence-electron chi connectivity index (χ0n) is 16.9. The first kappa shape index (κ1) is 22.7. The van der Waals surface area contributed by atoms with Gasteiger partial charge >= 0.3 is 0 Å². The number of benzene rings is 2. The van der Waals surface area contributed by atoms with Gasteiger partial charge in [-0.05, 0) is 35.9 Å². The summed E-state index contributed by atoms with van der Waals surface area (Å²) in [6.07, 6.45) is 2.93. The van der Waals surface area contributed by atoms with Crippen molar-refractivity contribution in [3.63, 3.8) is 0 Å². The van der Waals surface area contributed by atoms with Crippen LogP contribution in [0.25, 0.3) is 0 Å². The molecule has 0 aliphatic heterocycles. The third-order valence-corrected chi connectivity index (χ3v) is 8.16. The molecule has 0 radical (unpaired) electrons. The van der Waals surface area contributed by atoms with Crippen molar-refractivity contribution in [3.05, 3.63) is 78.6 Å². The lowest BCUT2D eigenvalue weighted by molar-refractivity contribution is 0.354. The molecule has 1 atom stereocenters. The Morgan fingerprint density at radius 1 is 0.871 bits per heavy atom. The van der Waals surface area contributed by atoms with Crippen LogP contribution in [0.2, 0.25) is 0 Å². The van der Waals surface area contributed by atoms with E-state index in [9.17, 15) is 16.8 Å². The van der Waals surface area contributed by atoms with Crippen LogP contribution >= 0.6 is 0 Å². The molecule has 10 heteroatoms. The summed E-state index contributed by atoms with van der Waals surface area (Å²) in [6, 6.07) is 15.2. The lowest BCUT2D eigenvalue weighted by Crippen LogP contribution is -2.32. The van der Waals surface area contributed by atoms with Gasteiger partial charge in [0.05, 0.1) is 24.0 Å². The van der Waals surface area contributed by atoms with E-state index in [2.05, 4.69) is 9.71 Å². The van der Waals surface area contributed by atoms with Gasteiger partial charge in [-0.1, -0.05) is 24.3 Å². The Morgan fingerprint density at radius 2 is 1.58 bits per heavy atom. The average molecular weight is 463 g/mol. The van der Waals surface area contributed by atoms with Gasteiger partial charge in [0.1, 0.15) is 5.25 Å². The number of nitrogens with one attached hydrogen (secondary N) is 1. The molecule has 0 aliphatic carbocycles. The van der Waals surface area contributed by atoms with Crippen molar-refractivity contribution in [1.29, 1.82) is 0 Å². The summed E-state index contributed by atoms with van der Waals surface area (Å²) in [7, 11) is -5.09. The SMILES string of the molecule is COc1ccc(S(=O)(=O)NC[C@@H](c2cccnc2)S(=O)(=O)c2ccccc2)cc1OC. The maximum Gasteiger partial charge on any atom is 0.240 e. The van der Waals surface area contributed by atoms with E-state index < -0.39 is 25.1 Å². The molecule has 0 spiro atoms. The third kappa shape index (κ3) is 5.04. The van der Waals surface area contributed by atoms with Crippen molar-refractivity contribution < 1.29 is 26.3 Å². The van der Waals surface area contributed by atoms with Crippen LogP contribution in [0, 0.1) is 0 Å². The lowest BCUT2D eigenvalue weighted by atomic mass is 10.2. The van der Waals surface area contributed by atoms with E-state index in [4.69, 9.17) is 9.47 Å². The quantitative estimate of drug-likeness (QED) is 0.520. The van der Waals surface area contributed by atoms with Crippen molar-refractivity contribution >= 4 is 19.9 Å². The third-order valence-electron chi connectivity index (χ3n) is 4.63. The molecule has 0 aliphatic rings. The Labute approximate surface area is 181 Å². The number of methoxy groups -OCH3 is 2. The fraction of sp³-hybridized carbons (Fsp3) is 0.190. The first-order chi connectivity index (χ1) is 14.8. The number of sulfonamides is 1. The molecule has 0 amide bonds. The standard InChI is InChI=1S/C21H22N2O6S2/c1-28-19-11-10-18(13-20(19)29-2)31(26,27)23-15-21(16-7-6-12-22-14-16)30(24,25)17-8-4-3-5-9-17/h3-14,21,23H,15H2,1-2H3/t21-/m0/s1. The summed E-state index contributed by atoms with van der Waals surface area (Å²) in [5.41, 5.74) is 0.376. The molecule has 0 saturated carbocycles. The number of sulfone groups is 1. The lowest BCUT2D eigenvalue weighted by Gasteiger charge is -2.19. The van der Waals surface area contributed by atoms with Gasteiger partial charge in [0.2, 0.25) is 10.0 Å². The summed E-state index contributed by atoms with van der Waals surface area (Å²) in [6.45, 7) is -0.375. The van der Waals surface area contributed by atoms with E-state index in [1.807, 2.05) is 0 Å². The Hall–Kier alpha value is -2.95. The van der Waals surface area contributed by atoms with E-state index in [0.29, 0.717) is 11.3 Å². The molecule has 3 aromatic rings. The van der Waals surface area contributed by atoms with Crippen LogP contribution in [0.1, 0.15) is 10.8 Å².